The van der Waals surface area contributed by atoms with E-state index in [4.69, 9.17) is 9.97 Å². The molecular weight excluding hydrogens is 627 g/mol. The number of benzene rings is 8. The Morgan fingerprint density at radius 3 is 1.96 bits per heavy atom. The maximum absolute atomic E-state index is 5.45. The van der Waals surface area contributed by atoms with E-state index in [1.54, 1.807) is 0 Å². The lowest BCUT2D eigenvalue weighted by Gasteiger charge is -2.15. The van der Waals surface area contributed by atoms with E-state index in [0.717, 1.165) is 44.0 Å². The first-order valence-corrected chi connectivity index (χ1v) is 17.7. The number of hydrogen-bond acceptors (Lipinski definition) is 3. The SMILES string of the molecule is c1ccc(-c2nc(-n3c4ccccc4c4cccc(-c5cccc6c5sc5ccc7ccccc7c56)c43)nc3c2ccc2ccccc23)cc1. The highest BCUT2D eigenvalue weighted by atomic mass is 32.1. The van der Waals surface area contributed by atoms with Crippen molar-refractivity contribution in [3.63, 3.8) is 0 Å². The van der Waals surface area contributed by atoms with Crippen LogP contribution in [0.15, 0.2) is 164 Å². The van der Waals surface area contributed by atoms with Crippen molar-refractivity contribution in [2.24, 2.45) is 0 Å². The second kappa shape index (κ2) is 10.6. The lowest BCUT2D eigenvalue weighted by molar-refractivity contribution is 1.02. The minimum absolute atomic E-state index is 0.667. The summed E-state index contributed by atoms with van der Waals surface area (Å²) < 4.78 is 4.89. The van der Waals surface area contributed by atoms with Crippen LogP contribution in [-0.4, -0.2) is 14.5 Å². The van der Waals surface area contributed by atoms with Crippen LogP contribution < -0.4 is 0 Å². The zero-order valence-electron chi connectivity index (χ0n) is 26.8. The van der Waals surface area contributed by atoms with Crippen molar-refractivity contribution in [2.45, 2.75) is 0 Å². The minimum atomic E-state index is 0.667. The predicted octanol–water partition coefficient (Wildman–Crippen LogP) is 12.7. The molecule has 0 fully saturated rings. The first kappa shape index (κ1) is 27.6. The maximum Gasteiger partial charge on any atom is 0.235 e. The van der Waals surface area contributed by atoms with Crippen molar-refractivity contribution < 1.29 is 0 Å². The van der Waals surface area contributed by atoms with Gasteiger partial charge in [-0.2, -0.15) is 0 Å². The van der Waals surface area contributed by atoms with Crippen molar-refractivity contribution in [1.82, 2.24) is 14.5 Å². The Balaban J connectivity index is 1.28. The summed E-state index contributed by atoms with van der Waals surface area (Å²) in [4.78, 5) is 10.9. The number of aromatic nitrogens is 3. The second-order valence-corrected chi connectivity index (χ2v) is 14.0. The Hall–Kier alpha value is -6.36. The molecule has 0 aliphatic heterocycles. The summed E-state index contributed by atoms with van der Waals surface area (Å²) in [6, 6.07) is 58.8. The molecule has 4 heteroatoms. The Bertz CT molecular complexity index is 3150. The molecule has 3 nitrogen and oxygen atoms in total. The predicted molar refractivity (Wildman–Crippen MR) is 213 cm³/mol. The molecule has 50 heavy (non-hydrogen) atoms. The van der Waals surface area contributed by atoms with E-state index in [1.807, 2.05) is 11.3 Å². The zero-order chi connectivity index (χ0) is 32.8. The van der Waals surface area contributed by atoms with Gasteiger partial charge in [-0.05, 0) is 34.4 Å². The largest absolute Gasteiger partial charge is 0.277 e. The van der Waals surface area contributed by atoms with Crippen LogP contribution in [-0.2, 0) is 0 Å². The van der Waals surface area contributed by atoms with Crippen molar-refractivity contribution in [3.05, 3.63) is 164 Å². The highest BCUT2D eigenvalue weighted by Gasteiger charge is 2.22. The van der Waals surface area contributed by atoms with Gasteiger partial charge in [-0.3, -0.25) is 4.57 Å². The van der Waals surface area contributed by atoms with Crippen LogP contribution in [0.2, 0.25) is 0 Å². The number of fused-ring (bicyclic) bond motifs is 11. The highest BCUT2D eigenvalue weighted by molar-refractivity contribution is 7.26. The third-order valence-electron chi connectivity index (χ3n) is 10.2. The molecule has 232 valence electrons. The number of rotatable bonds is 3. The quantitative estimate of drug-likeness (QED) is 0.178. The average molecular weight is 654 g/mol. The van der Waals surface area contributed by atoms with Gasteiger partial charge in [0.15, 0.2) is 0 Å². The molecule has 0 radical (unpaired) electrons. The summed E-state index contributed by atoms with van der Waals surface area (Å²) in [6.07, 6.45) is 0. The fourth-order valence-electron chi connectivity index (χ4n) is 7.99. The molecule has 11 rings (SSSR count). The molecule has 0 atom stereocenters. The summed E-state index contributed by atoms with van der Waals surface area (Å²) in [5.74, 6) is 0.667. The van der Waals surface area contributed by atoms with Crippen LogP contribution in [0.25, 0.3) is 103 Å². The molecule has 8 aromatic carbocycles. The summed E-state index contributed by atoms with van der Waals surface area (Å²) in [7, 11) is 0. The lowest BCUT2D eigenvalue weighted by atomic mass is 9.98. The molecule has 0 aliphatic carbocycles. The van der Waals surface area contributed by atoms with Gasteiger partial charge in [0.05, 0.1) is 22.2 Å². The van der Waals surface area contributed by atoms with Crippen LogP contribution in [0.5, 0.6) is 0 Å². The van der Waals surface area contributed by atoms with Crippen LogP contribution in [0.3, 0.4) is 0 Å². The van der Waals surface area contributed by atoms with E-state index in [0.29, 0.717) is 5.95 Å². The molecule has 11 aromatic rings. The first-order chi connectivity index (χ1) is 24.8. The smallest absolute Gasteiger partial charge is 0.235 e. The Morgan fingerprint density at radius 2 is 1.10 bits per heavy atom. The Morgan fingerprint density at radius 1 is 0.440 bits per heavy atom. The van der Waals surface area contributed by atoms with Gasteiger partial charge in [0.25, 0.3) is 0 Å². The topological polar surface area (TPSA) is 30.7 Å². The van der Waals surface area contributed by atoms with Crippen molar-refractivity contribution in [3.8, 4) is 28.3 Å². The molecule has 3 heterocycles. The monoisotopic (exact) mass is 653 g/mol. The molecule has 0 saturated heterocycles. The van der Waals surface area contributed by atoms with Crippen LogP contribution >= 0.6 is 11.3 Å². The summed E-state index contributed by atoms with van der Waals surface area (Å²) in [5, 5.41) is 10.9. The lowest BCUT2D eigenvalue weighted by Crippen LogP contribution is -2.04. The van der Waals surface area contributed by atoms with E-state index in [1.165, 1.54) is 52.8 Å². The van der Waals surface area contributed by atoms with E-state index in [9.17, 15) is 0 Å². The molecule has 0 aliphatic rings. The number of hydrogen-bond donors (Lipinski definition) is 0. The van der Waals surface area contributed by atoms with E-state index >= 15 is 0 Å². The molecule has 0 bridgehead atoms. The van der Waals surface area contributed by atoms with E-state index in [-0.39, 0.29) is 0 Å². The van der Waals surface area contributed by atoms with Crippen LogP contribution in [0.4, 0.5) is 0 Å². The van der Waals surface area contributed by atoms with Gasteiger partial charge in [0.2, 0.25) is 5.95 Å². The second-order valence-electron chi connectivity index (χ2n) is 12.9. The Labute approximate surface area is 291 Å². The maximum atomic E-state index is 5.45. The molecule has 0 spiro atoms. The first-order valence-electron chi connectivity index (χ1n) is 16.9. The third-order valence-corrected chi connectivity index (χ3v) is 11.4. The minimum Gasteiger partial charge on any atom is -0.277 e. The van der Waals surface area contributed by atoms with Crippen molar-refractivity contribution in [1.29, 1.82) is 0 Å². The van der Waals surface area contributed by atoms with E-state index in [2.05, 4.69) is 168 Å². The summed E-state index contributed by atoms with van der Waals surface area (Å²) in [6.45, 7) is 0. The number of nitrogens with zero attached hydrogens (tertiary/aromatic N) is 3. The number of thiophene rings is 1. The summed E-state index contributed by atoms with van der Waals surface area (Å²) >= 11 is 1.88. The molecular formula is C46H27N3S. The van der Waals surface area contributed by atoms with Crippen molar-refractivity contribution in [2.75, 3.05) is 0 Å². The Kier molecular flexibility index (Phi) is 5.83. The molecule has 0 saturated carbocycles. The number of para-hydroxylation sites is 2. The fraction of sp³-hybridized carbons (Fsp3) is 0. The van der Waals surface area contributed by atoms with Gasteiger partial charge >= 0.3 is 0 Å². The fourth-order valence-corrected chi connectivity index (χ4v) is 9.24. The van der Waals surface area contributed by atoms with Crippen molar-refractivity contribution >= 4 is 85.8 Å². The van der Waals surface area contributed by atoms with Gasteiger partial charge in [0, 0.05) is 58.4 Å². The molecule has 0 N–H and O–H groups in total. The van der Waals surface area contributed by atoms with Crippen LogP contribution in [0.1, 0.15) is 0 Å². The zero-order valence-corrected chi connectivity index (χ0v) is 27.7. The van der Waals surface area contributed by atoms with Gasteiger partial charge in [-0.1, -0.05) is 146 Å². The normalized spacial score (nSPS) is 12.0. The van der Waals surface area contributed by atoms with E-state index < -0.39 is 0 Å². The van der Waals surface area contributed by atoms with Gasteiger partial charge in [-0.15, -0.1) is 11.3 Å². The third kappa shape index (κ3) is 3.91. The van der Waals surface area contributed by atoms with Gasteiger partial charge < -0.3 is 0 Å². The molecule has 0 amide bonds. The van der Waals surface area contributed by atoms with Crippen LogP contribution in [0, 0.1) is 0 Å². The average Bonchev–Trinajstić information content (AvgIpc) is 3.74. The van der Waals surface area contributed by atoms with Gasteiger partial charge in [0.1, 0.15) is 0 Å². The highest BCUT2D eigenvalue weighted by Crippen LogP contribution is 2.46. The standard InChI is InChI=1S/C46H27N3S/c1-2-14-30(15-3-1)42-38-26-24-29-13-5-7-17-32(29)43(38)48-46(47-42)49-39-23-9-8-18-33(39)34-19-10-20-35(44(34)49)36-21-11-22-37-41-31-16-6-4-12-28(31)25-27-40(41)50-45(36)37/h1-27H. The van der Waals surface area contributed by atoms with Gasteiger partial charge in [-0.25, -0.2) is 9.97 Å². The molecule has 0 unspecified atom stereocenters. The molecule has 3 aromatic heterocycles. The summed E-state index contributed by atoms with van der Waals surface area (Å²) in [5.41, 5.74) is 7.54.